The number of hydrogen-bond donors (Lipinski definition) is 2. The first-order valence-corrected chi connectivity index (χ1v) is 8.61. The molecule has 2 aliphatic heterocycles. The van der Waals surface area contributed by atoms with E-state index in [4.69, 9.17) is 9.15 Å². The summed E-state index contributed by atoms with van der Waals surface area (Å²) in [5.74, 6) is 3.07. The summed E-state index contributed by atoms with van der Waals surface area (Å²) < 4.78 is 11.2. The normalized spacial score (nSPS) is 28.7. The second kappa shape index (κ2) is 6.32. The number of thioether (sulfide) groups is 1. The van der Waals surface area contributed by atoms with E-state index in [2.05, 4.69) is 10.6 Å². The minimum atomic E-state index is -0.108. The van der Waals surface area contributed by atoms with Crippen LogP contribution in [-0.4, -0.2) is 35.8 Å². The zero-order chi connectivity index (χ0) is 14.7. The van der Waals surface area contributed by atoms with Gasteiger partial charge in [0.25, 0.3) is 0 Å². The average molecular weight is 310 g/mol. The number of carbonyl (C=O) groups is 1. The van der Waals surface area contributed by atoms with Gasteiger partial charge in [0.2, 0.25) is 0 Å². The third-order valence-corrected chi connectivity index (χ3v) is 5.52. The van der Waals surface area contributed by atoms with Crippen molar-refractivity contribution in [3.8, 4) is 0 Å². The molecule has 0 aliphatic carbocycles. The van der Waals surface area contributed by atoms with Crippen LogP contribution in [0, 0.1) is 6.92 Å². The molecule has 3 rings (SSSR count). The Hall–Kier alpha value is -1.14. The predicted octanol–water partition coefficient (Wildman–Crippen LogP) is 2.44. The van der Waals surface area contributed by atoms with E-state index >= 15 is 0 Å². The van der Waals surface area contributed by atoms with E-state index in [1.165, 1.54) is 5.75 Å². The van der Waals surface area contributed by atoms with E-state index in [1.54, 1.807) is 6.26 Å². The number of nitrogens with one attached hydrogen (secondary N) is 2. The number of furan rings is 1. The molecule has 2 aliphatic rings. The van der Waals surface area contributed by atoms with Crippen LogP contribution in [0.1, 0.15) is 30.6 Å². The molecule has 1 aromatic heterocycles. The Bertz CT molecular complexity index is 497. The standard InChI is InChI=1S/C15H22N2O3S/c1-11-12(2-5-19-11)9-16-14(18)17-13-3-6-20-15(8-13)4-7-21-10-15/h2,5,13H,3-4,6-10H2,1H3,(H2,16,17,18)/t13-,15-/m0/s1. The summed E-state index contributed by atoms with van der Waals surface area (Å²) in [6, 6.07) is 1.99. The van der Waals surface area contributed by atoms with Crippen molar-refractivity contribution in [1.82, 2.24) is 10.6 Å². The van der Waals surface area contributed by atoms with Gasteiger partial charge in [0, 0.05) is 30.5 Å². The molecule has 2 N–H and O–H groups in total. The van der Waals surface area contributed by atoms with Gasteiger partial charge in [-0.15, -0.1) is 0 Å². The molecule has 0 radical (unpaired) electrons. The topological polar surface area (TPSA) is 63.5 Å². The second-order valence-corrected chi connectivity index (χ2v) is 6.96. The summed E-state index contributed by atoms with van der Waals surface area (Å²) >= 11 is 1.95. The van der Waals surface area contributed by atoms with Crippen molar-refractivity contribution in [2.45, 2.75) is 44.4 Å². The molecule has 3 heterocycles. The summed E-state index contributed by atoms with van der Waals surface area (Å²) in [5, 5.41) is 5.98. The van der Waals surface area contributed by atoms with Crippen LogP contribution in [-0.2, 0) is 11.3 Å². The van der Waals surface area contributed by atoms with Gasteiger partial charge in [-0.2, -0.15) is 11.8 Å². The molecule has 2 atom stereocenters. The molecule has 2 fully saturated rings. The molecule has 6 heteroatoms. The third-order valence-electron chi connectivity index (χ3n) is 4.30. The second-order valence-electron chi connectivity index (χ2n) is 5.85. The van der Waals surface area contributed by atoms with Crippen molar-refractivity contribution in [3.63, 3.8) is 0 Å². The van der Waals surface area contributed by atoms with Crippen LogP contribution in [0.3, 0.4) is 0 Å². The number of rotatable bonds is 3. The first kappa shape index (κ1) is 14.8. The smallest absolute Gasteiger partial charge is 0.315 e. The van der Waals surface area contributed by atoms with Crippen LogP contribution in [0.4, 0.5) is 4.79 Å². The molecule has 0 saturated carbocycles. The van der Waals surface area contributed by atoms with Gasteiger partial charge < -0.3 is 19.8 Å². The number of amides is 2. The van der Waals surface area contributed by atoms with Gasteiger partial charge in [-0.05, 0) is 38.0 Å². The van der Waals surface area contributed by atoms with Crippen molar-refractivity contribution in [2.75, 3.05) is 18.1 Å². The highest BCUT2D eigenvalue weighted by Gasteiger charge is 2.40. The van der Waals surface area contributed by atoms with Crippen molar-refractivity contribution in [2.24, 2.45) is 0 Å². The summed E-state index contributed by atoms with van der Waals surface area (Å²) in [5.41, 5.74) is 1.02. The lowest BCUT2D eigenvalue weighted by atomic mass is 9.90. The lowest BCUT2D eigenvalue weighted by molar-refractivity contribution is -0.0684. The van der Waals surface area contributed by atoms with E-state index in [-0.39, 0.29) is 17.7 Å². The first-order chi connectivity index (χ1) is 10.2. The number of hydrogen-bond acceptors (Lipinski definition) is 4. The lowest BCUT2D eigenvalue weighted by Gasteiger charge is -2.37. The molecule has 21 heavy (non-hydrogen) atoms. The quantitative estimate of drug-likeness (QED) is 0.900. The van der Waals surface area contributed by atoms with Crippen molar-refractivity contribution in [1.29, 1.82) is 0 Å². The highest BCUT2D eigenvalue weighted by Crippen LogP contribution is 2.38. The average Bonchev–Trinajstić information content (AvgIpc) is 3.06. The van der Waals surface area contributed by atoms with E-state index in [1.807, 2.05) is 24.8 Å². The van der Waals surface area contributed by atoms with Gasteiger partial charge in [-0.1, -0.05) is 0 Å². The lowest BCUT2D eigenvalue weighted by Crippen LogP contribution is -2.50. The Labute approximate surface area is 129 Å². The Morgan fingerprint density at radius 3 is 3.19 bits per heavy atom. The van der Waals surface area contributed by atoms with Gasteiger partial charge in [0.1, 0.15) is 5.76 Å². The summed E-state index contributed by atoms with van der Waals surface area (Å²) in [4.78, 5) is 12.0. The fourth-order valence-corrected chi connectivity index (χ4v) is 4.40. The molecule has 0 unspecified atom stereocenters. The van der Waals surface area contributed by atoms with Crippen LogP contribution in [0.2, 0.25) is 0 Å². The number of carbonyl (C=O) groups excluding carboxylic acids is 1. The molecular weight excluding hydrogens is 288 g/mol. The number of urea groups is 1. The van der Waals surface area contributed by atoms with Gasteiger partial charge in [-0.25, -0.2) is 4.79 Å². The molecule has 0 aromatic carbocycles. The van der Waals surface area contributed by atoms with E-state index < -0.39 is 0 Å². The predicted molar refractivity (Wildman–Crippen MR) is 82.5 cm³/mol. The maximum Gasteiger partial charge on any atom is 0.315 e. The maximum absolute atomic E-state index is 12.0. The van der Waals surface area contributed by atoms with Crippen LogP contribution < -0.4 is 10.6 Å². The molecular formula is C15H22N2O3S. The van der Waals surface area contributed by atoms with Crippen LogP contribution in [0.5, 0.6) is 0 Å². The largest absolute Gasteiger partial charge is 0.469 e. The monoisotopic (exact) mass is 310 g/mol. The van der Waals surface area contributed by atoms with Crippen molar-refractivity contribution < 1.29 is 13.9 Å². The van der Waals surface area contributed by atoms with Crippen LogP contribution in [0.25, 0.3) is 0 Å². The summed E-state index contributed by atoms with van der Waals surface area (Å²) in [7, 11) is 0. The fourth-order valence-electron chi connectivity index (χ4n) is 3.02. The van der Waals surface area contributed by atoms with Gasteiger partial charge in [-0.3, -0.25) is 0 Å². The molecule has 0 bridgehead atoms. The van der Waals surface area contributed by atoms with Gasteiger partial charge in [0.05, 0.1) is 11.9 Å². The Morgan fingerprint density at radius 1 is 1.57 bits per heavy atom. The summed E-state index contributed by atoms with van der Waals surface area (Å²) in [6.07, 6.45) is 4.57. The Kier molecular flexibility index (Phi) is 4.45. The maximum atomic E-state index is 12.0. The van der Waals surface area contributed by atoms with Crippen LogP contribution in [0.15, 0.2) is 16.7 Å². The number of aryl methyl sites for hydroxylation is 1. The summed E-state index contributed by atoms with van der Waals surface area (Å²) in [6.45, 7) is 3.14. The molecule has 1 spiro atoms. The molecule has 2 amide bonds. The molecule has 1 aromatic rings. The van der Waals surface area contributed by atoms with Crippen molar-refractivity contribution in [3.05, 3.63) is 23.7 Å². The SMILES string of the molecule is Cc1occc1CNC(=O)N[C@H]1CCO[C@@]2(CCSC2)C1. The van der Waals surface area contributed by atoms with Crippen LogP contribution >= 0.6 is 11.8 Å². The zero-order valence-electron chi connectivity index (χ0n) is 12.3. The zero-order valence-corrected chi connectivity index (χ0v) is 13.1. The Morgan fingerprint density at radius 2 is 2.48 bits per heavy atom. The van der Waals surface area contributed by atoms with Gasteiger partial charge >= 0.3 is 6.03 Å². The minimum absolute atomic E-state index is 0.00199. The number of ether oxygens (including phenoxy) is 1. The van der Waals surface area contributed by atoms with E-state index in [0.29, 0.717) is 6.54 Å². The fraction of sp³-hybridized carbons (Fsp3) is 0.667. The molecule has 2 saturated heterocycles. The van der Waals surface area contributed by atoms with Crippen molar-refractivity contribution >= 4 is 17.8 Å². The minimum Gasteiger partial charge on any atom is -0.469 e. The highest BCUT2D eigenvalue weighted by molar-refractivity contribution is 7.99. The van der Waals surface area contributed by atoms with E-state index in [0.717, 1.165) is 42.9 Å². The van der Waals surface area contributed by atoms with E-state index in [9.17, 15) is 4.79 Å². The Balaban J connectivity index is 1.47. The first-order valence-electron chi connectivity index (χ1n) is 7.46. The van der Waals surface area contributed by atoms with Gasteiger partial charge in [0.15, 0.2) is 0 Å². The third kappa shape index (κ3) is 3.55. The molecule has 116 valence electrons. The molecule has 5 nitrogen and oxygen atoms in total. The highest BCUT2D eigenvalue weighted by atomic mass is 32.2.